The van der Waals surface area contributed by atoms with Crippen LogP contribution in [0, 0.1) is 17.5 Å². The lowest BCUT2D eigenvalue weighted by atomic mass is 10.0. The Morgan fingerprint density at radius 2 is 1.79 bits per heavy atom. The van der Waals surface area contributed by atoms with Crippen molar-refractivity contribution in [3.05, 3.63) is 95.6 Å². The number of nitrogens with zero attached hydrogens (tertiary/aromatic N) is 5. The summed E-state index contributed by atoms with van der Waals surface area (Å²) in [4.78, 5) is 25.2. The molecule has 0 bridgehead atoms. The van der Waals surface area contributed by atoms with Crippen molar-refractivity contribution in [2.75, 3.05) is 37.7 Å². The van der Waals surface area contributed by atoms with Gasteiger partial charge in [-0.15, -0.1) is 0 Å². The summed E-state index contributed by atoms with van der Waals surface area (Å²) < 4.78 is 93.0. The number of rotatable bonds is 7. The normalized spacial score (nSPS) is 15.4. The highest BCUT2D eigenvalue weighted by Crippen LogP contribution is 2.42. The summed E-state index contributed by atoms with van der Waals surface area (Å²) >= 11 is 0. The zero-order chi connectivity index (χ0) is 36.6. The second-order valence-electron chi connectivity index (χ2n) is 12.9. The van der Waals surface area contributed by atoms with Gasteiger partial charge in [-0.05, 0) is 55.0 Å². The van der Waals surface area contributed by atoms with Crippen LogP contribution >= 0.6 is 0 Å². The summed E-state index contributed by atoms with van der Waals surface area (Å²) in [5, 5.41) is 3.08. The molecule has 4 aromatic heterocycles. The Kier molecular flexibility index (Phi) is 7.95. The minimum absolute atomic E-state index is 0.0574. The third kappa shape index (κ3) is 5.51. The first-order valence-electron chi connectivity index (χ1n) is 16.3. The Morgan fingerprint density at radius 1 is 0.981 bits per heavy atom. The summed E-state index contributed by atoms with van der Waals surface area (Å²) in [6.45, 7) is 1.12. The number of carbonyl (C=O) groups is 1. The maximum absolute atomic E-state index is 15.2. The van der Waals surface area contributed by atoms with Gasteiger partial charge in [0.25, 0.3) is 5.91 Å². The number of nitrogens with one attached hydrogen (secondary N) is 1. The largest absolute Gasteiger partial charge is 0.455 e. The fraction of sp³-hybridized carbons (Fsp3) is 0.216. The van der Waals surface area contributed by atoms with E-state index in [2.05, 4.69) is 5.32 Å². The molecular weight excluding hydrogens is 701 g/mol. The predicted octanol–water partition coefficient (Wildman–Crippen LogP) is 6.83. The number of carbonyl (C=O) groups excluding carboxylic acids is 1. The Balaban J connectivity index is 1.40. The molecule has 1 atom stereocenters. The van der Waals surface area contributed by atoms with Crippen molar-refractivity contribution in [1.82, 2.24) is 24.6 Å². The van der Waals surface area contributed by atoms with Gasteiger partial charge in [0, 0.05) is 55.7 Å². The van der Waals surface area contributed by atoms with Crippen LogP contribution in [-0.4, -0.2) is 73.2 Å². The maximum Gasteiger partial charge on any atom is 0.255 e. The van der Waals surface area contributed by atoms with Gasteiger partial charge in [-0.25, -0.2) is 35.9 Å². The van der Waals surface area contributed by atoms with Crippen molar-refractivity contribution in [1.29, 1.82) is 0 Å². The van der Waals surface area contributed by atoms with Crippen molar-refractivity contribution in [2.45, 2.75) is 19.1 Å². The third-order valence-corrected chi connectivity index (χ3v) is 10.7. The molecule has 15 heteroatoms. The molecule has 0 aliphatic carbocycles. The van der Waals surface area contributed by atoms with Gasteiger partial charge in [0.1, 0.15) is 40.5 Å². The van der Waals surface area contributed by atoms with E-state index in [1.807, 2.05) is 4.90 Å². The van der Waals surface area contributed by atoms with Gasteiger partial charge in [0.2, 0.25) is 10.0 Å². The zero-order valence-electron chi connectivity index (χ0n) is 28.0. The highest BCUT2D eigenvalue weighted by Gasteiger charge is 2.29. The van der Waals surface area contributed by atoms with E-state index in [-0.39, 0.29) is 51.3 Å². The highest BCUT2D eigenvalue weighted by molar-refractivity contribution is 7.92. The first-order chi connectivity index (χ1) is 24.8. The number of fused-ring (bicyclic) bond motifs is 6. The van der Waals surface area contributed by atoms with E-state index in [0.29, 0.717) is 58.9 Å². The van der Waals surface area contributed by atoms with Crippen LogP contribution in [0.1, 0.15) is 22.6 Å². The van der Waals surface area contributed by atoms with Crippen molar-refractivity contribution in [3.8, 4) is 22.6 Å². The van der Waals surface area contributed by atoms with Gasteiger partial charge in [0.05, 0.1) is 51.9 Å². The molecule has 1 amide bonds. The summed E-state index contributed by atoms with van der Waals surface area (Å²) in [6.07, 6.45) is 0.490. The fourth-order valence-electron chi connectivity index (χ4n) is 6.94. The van der Waals surface area contributed by atoms with Crippen molar-refractivity contribution >= 4 is 60.0 Å². The topological polar surface area (TPSA) is 113 Å². The third-order valence-electron chi connectivity index (χ3n) is 9.55. The van der Waals surface area contributed by atoms with Crippen LogP contribution in [-0.2, 0) is 16.6 Å². The van der Waals surface area contributed by atoms with Gasteiger partial charge in [-0.1, -0.05) is 6.07 Å². The Labute approximate surface area is 294 Å². The number of sulfonamides is 1. The number of benzene rings is 3. The molecule has 3 aromatic carbocycles. The van der Waals surface area contributed by atoms with E-state index in [0.717, 1.165) is 22.7 Å². The highest BCUT2D eigenvalue weighted by atomic mass is 32.2. The molecule has 5 heterocycles. The van der Waals surface area contributed by atoms with Crippen molar-refractivity contribution in [3.63, 3.8) is 0 Å². The van der Waals surface area contributed by atoms with Gasteiger partial charge in [-0.3, -0.25) is 18.4 Å². The molecule has 1 fully saturated rings. The molecule has 0 radical (unpaired) electrons. The van der Waals surface area contributed by atoms with Gasteiger partial charge >= 0.3 is 0 Å². The molecule has 1 saturated heterocycles. The lowest BCUT2D eigenvalue weighted by Gasteiger charge is -2.21. The average Bonchev–Trinajstić information content (AvgIpc) is 3.82. The number of anilines is 1. The maximum atomic E-state index is 15.2. The van der Waals surface area contributed by atoms with Crippen molar-refractivity contribution < 1.29 is 35.2 Å². The van der Waals surface area contributed by atoms with Crippen molar-refractivity contribution in [2.24, 2.45) is 0 Å². The lowest BCUT2D eigenvalue weighted by molar-refractivity contribution is 0.0964. The molecule has 0 unspecified atom stereocenters. The smallest absolute Gasteiger partial charge is 0.255 e. The Morgan fingerprint density at radius 3 is 2.50 bits per heavy atom. The summed E-state index contributed by atoms with van der Waals surface area (Å²) in [5.41, 5.74) is 2.44. The van der Waals surface area contributed by atoms with E-state index in [1.54, 1.807) is 34.7 Å². The fourth-order valence-corrected chi connectivity index (χ4v) is 7.45. The van der Waals surface area contributed by atoms with Crippen LogP contribution in [0.15, 0.2) is 71.1 Å². The first-order valence-corrected chi connectivity index (χ1v) is 18.1. The van der Waals surface area contributed by atoms with E-state index < -0.39 is 39.6 Å². The van der Waals surface area contributed by atoms with Crippen LogP contribution in [0.4, 0.5) is 23.2 Å². The van der Waals surface area contributed by atoms with Crippen LogP contribution in [0.5, 0.6) is 0 Å². The number of halogens is 4. The molecule has 266 valence electrons. The molecule has 0 saturated carbocycles. The molecule has 0 spiro atoms. The standard InChI is InChI=1S/C37H30F4N6O4S/c1-42-37(48)34-24-14-23(30(45(2)52(3,49)50)16-32(24)51-36(34)21-8-7-19(38)13-26(21)41)27-9-10-28-35(44-27)31-15-22-25(40)5-4-6-29(22)47(31)33(43-28)18-46-12-11-20(39)17-46/h4-10,13-16,20H,11-12,17-18H2,1-3H3,(H,42,48)/t20-/m0/s1. The number of likely N-dealkylation sites (tertiary alicyclic amines) is 1. The zero-order valence-corrected chi connectivity index (χ0v) is 28.9. The number of furan rings is 1. The molecule has 10 nitrogen and oxygen atoms in total. The van der Waals surface area contributed by atoms with Gasteiger partial charge in [-0.2, -0.15) is 0 Å². The molecule has 8 rings (SSSR count). The molecule has 1 aliphatic heterocycles. The van der Waals surface area contributed by atoms with Crippen LogP contribution < -0.4 is 9.62 Å². The molecule has 1 N–H and O–H groups in total. The molecule has 7 aromatic rings. The summed E-state index contributed by atoms with van der Waals surface area (Å²) in [5.74, 6) is -2.47. The van der Waals surface area contributed by atoms with Crippen LogP contribution in [0.3, 0.4) is 0 Å². The number of hydrogen-bond donors (Lipinski definition) is 1. The van der Waals surface area contributed by atoms with Gasteiger partial charge in [0.15, 0.2) is 5.76 Å². The molecular formula is C37H30F4N6O4S. The number of aromatic nitrogens is 3. The average molecular weight is 731 g/mol. The number of pyridine rings is 1. The predicted molar refractivity (Wildman–Crippen MR) is 190 cm³/mol. The minimum atomic E-state index is -3.87. The van der Waals surface area contributed by atoms with Crippen LogP contribution in [0.2, 0.25) is 0 Å². The number of hydrogen-bond acceptors (Lipinski definition) is 7. The Hall–Kier alpha value is -5.54. The first kappa shape index (κ1) is 33.6. The lowest BCUT2D eigenvalue weighted by Crippen LogP contribution is -2.25. The molecule has 52 heavy (non-hydrogen) atoms. The SMILES string of the molecule is CNC(=O)c1c(-c2ccc(F)cc2F)oc2cc(N(C)S(C)(=O)=O)c(-c3ccc4nc(CN5CC[C@H](F)C5)n5c6cccc(F)c6cc5c4n3)cc12. The van der Waals surface area contributed by atoms with E-state index in [4.69, 9.17) is 14.4 Å². The second-order valence-corrected chi connectivity index (χ2v) is 14.9. The summed E-state index contributed by atoms with van der Waals surface area (Å²) in [6, 6.07) is 15.6. The minimum Gasteiger partial charge on any atom is -0.455 e. The van der Waals surface area contributed by atoms with E-state index in [9.17, 15) is 22.0 Å². The summed E-state index contributed by atoms with van der Waals surface area (Å²) in [7, 11) is -1.13. The van der Waals surface area contributed by atoms with Gasteiger partial charge < -0.3 is 9.73 Å². The second kappa shape index (κ2) is 12.3. The van der Waals surface area contributed by atoms with E-state index in [1.165, 1.54) is 32.3 Å². The Bertz CT molecular complexity index is 2730. The quantitative estimate of drug-likeness (QED) is 0.179. The molecule has 1 aliphatic rings. The van der Waals surface area contributed by atoms with Crippen LogP contribution in [0.25, 0.3) is 61.0 Å². The monoisotopic (exact) mass is 730 g/mol. The number of alkyl halides is 1. The number of amides is 1. The van der Waals surface area contributed by atoms with E-state index >= 15 is 8.78 Å².